The molecule has 3 aromatic carbocycles. The molecule has 0 spiro atoms. The summed E-state index contributed by atoms with van der Waals surface area (Å²) in [6.45, 7) is -0.181. The molecule has 0 N–H and O–H groups in total. The van der Waals surface area contributed by atoms with E-state index in [0.29, 0.717) is 11.5 Å². The fourth-order valence-corrected chi connectivity index (χ4v) is 3.91. The molecule has 0 aromatic heterocycles. The molecule has 3 aromatic rings. The summed E-state index contributed by atoms with van der Waals surface area (Å²) >= 11 is 10.2. The van der Waals surface area contributed by atoms with E-state index in [1.165, 1.54) is 0 Å². The normalized spacial score (nSPS) is 10.6. The molecule has 0 amide bonds. The van der Waals surface area contributed by atoms with Crippen molar-refractivity contribution in [3.8, 4) is 11.5 Å². The maximum Gasteiger partial charge on any atom is 0.349 e. The van der Waals surface area contributed by atoms with E-state index in [4.69, 9.17) is 9.47 Å². The summed E-state index contributed by atoms with van der Waals surface area (Å²) in [6.07, 6.45) is 0. The Hall–Kier alpha value is -1.37. The first kappa shape index (κ1) is 17.5. The molecule has 0 saturated heterocycles. The van der Waals surface area contributed by atoms with Crippen LogP contribution in [0.4, 0.5) is 0 Å². The van der Waals surface area contributed by atoms with Crippen molar-refractivity contribution < 1.29 is 14.3 Å². The second-order valence-electron chi connectivity index (χ2n) is 4.94. The minimum absolute atomic E-state index is 0.181. The topological polar surface area (TPSA) is 35.5 Å². The summed E-state index contributed by atoms with van der Waals surface area (Å²) in [5.41, 5.74) is 0. The maximum atomic E-state index is 12.1. The van der Waals surface area contributed by atoms with Crippen LogP contribution in [0.1, 0.15) is 0 Å². The molecule has 0 radical (unpaired) electrons. The van der Waals surface area contributed by atoms with Gasteiger partial charge in [-0.3, -0.25) is 0 Å². The second-order valence-corrected chi connectivity index (χ2v) is 7.50. The Morgan fingerprint density at radius 1 is 0.917 bits per heavy atom. The van der Waals surface area contributed by atoms with Crippen LogP contribution in [-0.2, 0) is 4.79 Å². The van der Waals surface area contributed by atoms with E-state index < -0.39 is 5.97 Å². The SMILES string of the molecule is O=C(COc1ccc(Br)cc1Br)Oc1ccc2ccccc2c1Br. The quantitative estimate of drug-likeness (QED) is 0.311. The molecular weight excluding hydrogens is 504 g/mol. The predicted octanol–water partition coefficient (Wildman–Crippen LogP) is 6.11. The van der Waals surface area contributed by atoms with Gasteiger partial charge < -0.3 is 9.47 Å². The van der Waals surface area contributed by atoms with Crippen molar-refractivity contribution in [1.29, 1.82) is 0 Å². The Morgan fingerprint density at radius 2 is 1.67 bits per heavy atom. The van der Waals surface area contributed by atoms with Crippen molar-refractivity contribution in [1.82, 2.24) is 0 Å². The van der Waals surface area contributed by atoms with E-state index in [0.717, 1.165) is 24.2 Å². The molecule has 0 fully saturated rings. The maximum absolute atomic E-state index is 12.1. The standard InChI is InChI=1S/C18H11Br3O3/c19-12-6-8-15(14(20)9-12)23-10-17(22)24-16-7-5-11-3-1-2-4-13(11)18(16)21/h1-9H,10H2. The summed E-state index contributed by atoms with van der Waals surface area (Å²) in [6, 6.07) is 17.0. The molecule has 0 bridgehead atoms. The van der Waals surface area contributed by atoms with E-state index in [1.54, 1.807) is 12.1 Å². The molecular formula is C18H11Br3O3. The predicted molar refractivity (Wildman–Crippen MR) is 105 cm³/mol. The Bertz CT molecular complexity index is 909. The average Bonchev–Trinajstić information content (AvgIpc) is 2.57. The number of carbonyl (C=O) groups excluding carboxylic acids is 1. The average molecular weight is 515 g/mol. The number of hydrogen-bond acceptors (Lipinski definition) is 3. The molecule has 6 heteroatoms. The number of hydrogen-bond donors (Lipinski definition) is 0. The van der Waals surface area contributed by atoms with Crippen LogP contribution in [0.25, 0.3) is 10.8 Å². The van der Waals surface area contributed by atoms with Gasteiger partial charge in [-0.05, 0) is 66.9 Å². The van der Waals surface area contributed by atoms with Gasteiger partial charge in [0.25, 0.3) is 0 Å². The zero-order valence-electron chi connectivity index (χ0n) is 12.3. The van der Waals surface area contributed by atoms with Crippen LogP contribution in [0.3, 0.4) is 0 Å². The van der Waals surface area contributed by atoms with Gasteiger partial charge in [0, 0.05) is 4.47 Å². The molecule has 24 heavy (non-hydrogen) atoms. The third-order valence-electron chi connectivity index (χ3n) is 3.29. The van der Waals surface area contributed by atoms with E-state index >= 15 is 0 Å². The number of halogens is 3. The Labute approximate surface area is 164 Å². The van der Waals surface area contributed by atoms with Gasteiger partial charge in [-0.25, -0.2) is 4.79 Å². The van der Waals surface area contributed by atoms with E-state index in [1.807, 2.05) is 42.5 Å². The lowest BCUT2D eigenvalue weighted by Gasteiger charge is -2.10. The minimum atomic E-state index is -0.471. The smallest absolute Gasteiger partial charge is 0.349 e. The van der Waals surface area contributed by atoms with Crippen molar-refractivity contribution >= 4 is 64.5 Å². The molecule has 0 atom stereocenters. The molecule has 0 aliphatic rings. The molecule has 0 aliphatic carbocycles. The highest BCUT2D eigenvalue weighted by Crippen LogP contribution is 2.33. The third kappa shape index (κ3) is 3.99. The van der Waals surface area contributed by atoms with Gasteiger partial charge in [-0.15, -0.1) is 0 Å². The molecule has 0 unspecified atom stereocenters. The largest absolute Gasteiger partial charge is 0.481 e. The zero-order chi connectivity index (χ0) is 17.1. The summed E-state index contributed by atoms with van der Waals surface area (Å²) in [5, 5.41) is 2.05. The number of rotatable bonds is 4. The molecule has 122 valence electrons. The number of carbonyl (C=O) groups is 1. The van der Waals surface area contributed by atoms with Crippen molar-refractivity contribution in [3.63, 3.8) is 0 Å². The van der Waals surface area contributed by atoms with Gasteiger partial charge in [-0.1, -0.05) is 46.3 Å². The molecule has 3 rings (SSSR count). The lowest BCUT2D eigenvalue weighted by atomic mass is 10.1. The van der Waals surface area contributed by atoms with Gasteiger partial charge in [-0.2, -0.15) is 0 Å². The Morgan fingerprint density at radius 3 is 2.46 bits per heavy atom. The van der Waals surface area contributed by atoms with Crippen LogP contribution in [0.2, 0.25) is 0 Å². The van der Waals surface area contributed by atoms with Crippen molar-refractivity contribution in [2.75, 3.05) is 6.61 Å². The number of ether oxygens (including phenoxy) is 2. The first-order chi connectivity index (χ1) is 11.5. The van der Waals surface area contributed by atoms with E-state index in [2.05, 4.69) is 47.8 Å². The van der Waals surface area contributed by atoms with Crippen LogP contribution >= 0.6 is 47.8 Å². The van der Waals surface area contributed by atoms with Gasteiger partial charge in [0.1, 0.15) is 11.5 Å². The van der Waals surface area contributed by atoms with Crippen molar-refractivity contribution in [3.05, 3.63) is 68.0 Å². The van der Waals surface area contributed by atoms with E-state index in [9.17, 15) is 4.79 Å². The number of benzene rings is 3. The second kappa shape index (κ2) is 7.68. The van der Waals surface area contributed by atoms with Gasteiger partial charge in [0.15, 0.2) is 6.61 Å². The van der Waals surface area contributed by atoms with E-state index in [-0.39, 0.29) is 6.61 Å². The molecule has 0 saturated carbocycles. The highest BCUT2D eigenvalue weighted by molar-refractivity contribution is 9.11. The lowest BCUT2D eigenvalue weighted by molar-refractivity contribution is -0.136. The first-order valence-corrected chi connectivity index (χ1v) is 9.38. The fraction of sp³-hybridized carbons (Fsp3) is 0.0556. The van der Waals surface area contributed by atoms with Gasteiger partial charge >= 0.3 is 5.97 Å². The van der Waals surface area contributed by atoms with Crippen LogP contribution in [0.15, 0.2) is 68.0 Å². The van der Waals surface area contributed by atoms with Crippen LogP contribution in [-0.4, -0.2) is 12.6 Å². The van der Waals surface area contributed by atoms with Crippen LogP contribution in [0, 0.1) is 0 Å². The molecule has 0 heterocycles. The third-order valence-corrected chi connectivity index (χ3v) is 5.22. The monoisotopic (exact) mass is 512 g/mol. The number of esters is 1. The summed E-state index contributed by atoms with van der Waals surface area (Å²) in [4.78, 5) is 12.1. The summed E-state index contributed by atoms with van der Waals surface area (Å²) < 4.78 is 13.3. The van der Waals surface area contributed by atoms with Gasteiger partial charge in [0.2, 0.25) is 0 Å². The Balaban J connectivity index is 1.70. The Kier molecular flexibility index (Phi) is 5.58. The van der Waals surface area contributed by atoms with Crippen molar-refractivity contribution in [2.45, 2.75) is 0 Å². The molecule has 0 aliphatic heterocycles. The molecule has 3 nitrogen and oxygen atoms in total. The minimum Gasteiger partial charge on any atom is -0.481 e. The fourth-order valence-electron chi connectivity index (χ4n) is 2.17. The number of fused-ring (bicyclic) bond motifs is 1. The summed E-state index contributed by atoms with van der Waals surface area (Å²) in [5.74, 6) is 0.575. The van der Waals surface area contributed by atoms with Crippen molar-refractivity contribution in [2.24, 2.45) is 0 Å². The lowest BCUT2D eigenvalue weighted by Crippen LogP contribution is -2.18. The van der Waals surface area contributed by atoms with Crippen LogP contribution < -0.4 is 9.47 Å². The van der Waals surface area contributed by atoms with Gasteiger partial charge in [0.05, 0.1) is 8.95 Å². The highest BCUT2D eigenvalue weighted by Gasteiger charge is 2.12. The first-order valence-electron chi connectivity index (χ1n) is 7.00. The highest BCUT2D eigenvalue weighted by atomic mass is 79.9. The zero-order valence-corrected chi connectivity index (χ0v) is 17.0. The summed E-state index contributed by atoms with van der Waals surface area (Å²) in [7, 11) is 0. The van der Waals surface area contributed by atoms with Crippen LogP contribution in [0.5, 0.6) is 11.5 Å².